The van der Waals surface area contributed by atoms with Crippen molar-refractivity contribution in [1.29, 1.82) is 0 Å². The summed E-state index contributed by atoms with van der Waals surface area (Å²) in [5, 5.41) is 13.2. The first-order chi connectivity index (χ1) is 9.97. The molecule has 1 amide bonds. The van der Waals surface area contributed by atoms with Gasteiger partial charge in [-0.3, -0.25) is 14.9 Å². The minimum absolute atomic E-state index is 0.0433. The van der Waals surface area contributed by atoms with Gasteiger partial charge < -0.3 is 10.1 Å². The van der Waals surface area contributed by atoms with E-state index in [1.165, 1.54) is 6.07 Å². The molecule has 1 aromatic rings. The van der Waals surface area contributed by atoms with Crippen LogP contribution in [-0.2, 0) is 4.74 Å². The first-order valence-corrected chi connectivity index (χ1v) is 6.83. The Labute approximate surface area is 131 Å². The number of carbonyl (C=O) groups is 1. The van der Waals surface area contributed by atoms with Crippen LogP contribution in [0.4, 0.5) is 5.69 Å². The van der Waals surface area contributed by atoms with Gasteiger partial charge in [-0.05, 0) is 12.5 Å². The number of hydrogen-bond acceptors (Lipinski definition) is 4. The van der Waals surface area contributed by atoms with Crippen molar-refractivity contribution in [3.05, 3.63) is 50.5 Å². The van der Waals surface area contributed by atoms with E-state index in [0.29, 0.717) is 13.2 Å². The molecule has 1 rings (SSSR count). The fourth-order valence-electron chi connectivity index (χ4n) is 1.45. The number of nitrogens with one attached hydrogen (secondary N) is 1. The number of hydrogen-bond donors (Lipinski definition) is 1. The van der Waals surface area contributed by atoms with Crippen molar-refractivity contribution in [2.24, 2.45) is 0 Å². The van der Waals surface area contributed by atoms with Crippen molar-refractivity contribution in [2.45, 2.75) is 6.42 Å². The van der Waals surface area contributed by atoms with Gasteiger partial charge in [0.1, 0.15) is 5.02 Å². The van der Waals surface area contributed by atoms with E-state index in [9.17, 15) is 14.9 Å². The molecule has 0 saturated carbocycles. The number of benzene rings is 1. The van der Waals surface area contributed by atoms with E-state index in [2.05, 4.69) is 11.9 Å². The van der Waals surface area contributed by atoms with Gasteiger partial charge in [0.05, 0.1) is 23.2 Å². The molecule has 1 aromatic carbocycles. The molecule has 0 radical (unpaired) electrons. The molecule has 0 heterocycles. The molecule has 0 aliphatic heterocycles. The van der Waals surface area contributed by atoms with Gasteiger partial charge in [-0.15, -0.1) is 6.58 Å². The number of ether oxygens (including phenoxy) is 1. The van der Waals surface area contributed by atoms with E-state index < -0.39 is 16.5 Å². The van der Waals surface area contributed by atoms with Crippen LogP contribution in [0, 0.1) is 10.1 Å². The normalized spacial score (nSPS) is 10.2. The largest absolute Gasteiger partial charge is 0.379 e. The maximum atomic E-state index is 11.9. The number of carbonyl (C=O) groups excluding carboxylic acids is 1. The van der Waals surface area contributed by atoms with Gasteiger partial charge in [-0.1, -0.05) is 29.3 Å². The molecule has 0 saturated heterocycles. The number of nitro benzene ring substituents is 1. The highest BCUT2D eigenvalue weighted by molar-refractivity contribution is 6.43. The first-order valence-electron chi connectivity index (χ1n) is 6.07. The Hall–Kier alpha value is -1.63. The molecule has 6 nitrogen and oxygen atoms in total. The lowest BCUT2D eigenvalue weighted by Crippen LogP contribution is -2.27. The van der Waals surface area contributed by atoms with Crippen molar-refractivity contribution in [1.82, 2.24) is 5.32 Å². The van der Waals surface area contributed by atoms with Gasteiger partial charge in [0.25, 0.3) is 11.6 Å². The second-order valence-corrected chi connectivity index (χ2v) is 4.78. The smallest absolute Gasteiger partial charge is 0.290 e. The third kappa shape index (κ3) is 5.34. The molecule has 0 atom stereocenters. The van der Waals surface area contributed by atoms with Crippen molar-refractivity contribution in [3.8, 4) is 0 Å². The number of rotatable bonds is 8. The molecular weight excluding hydrogens is 319 g/mol. The van der Waals surface area contributed by atoms with E-state index in [1.807, 2.05) is 0 Å². The van der Waals surface area contributed by atoms with Crippen molar-refractivity contribution in [3.63, 3.8) is 0 Å². The van der Waals surface area contributed by atoms with Crippen LogP contribution in [0.2, 0.25) is 10.0 Å². The fraction of sp³-hybridized carbons (Fsp3) is 0.308. The number of halogens is 2. The average Bonchev–Trinajstić information content (AvgIpc) is 2.44. The van der Waals surface area contributed by atoms with E-state index >= 15 is 0 Å². The van der Waals surface area contributed by atoms with Gasteiger partial charge in [-0.25, -0.2) is 0 Å². The molecule has 0 aliphatic rings. The summed E-state index contributed by atoms with van der Waals surface area (Å²) in [6, 6.07) is 2.37. The molecule has 114 valence electrons. The van der Waals surface area contributed by atoms with Crippen LogP contribution in [0.1, 0.15) is 16.8 Å². The van der Waals surface area contributed by atoms with Crippen molar-refractivity contribution < 1.29 is 14.5 Å². The quantitative estimate of drug-likeness (QED) is 0.343. The zero-order valence-electron chi connectivity index (χ0n) is 11.1. The number of nitrogens with zero attached hydrogens (tertiary/aromatic N) is 1. The molecule has 0 aromatic heterocycles. The number of nitro groups is 1. The molecule has 0 bridgehead atoms. The minimum atomic E-state index is -0.691. The van der Waals surface area contributed by atoms with E-state index in [-0.39, 0.29) is 22.2 Å². The summed E-state index contributed by atoms with van der Waals surface area (Å²) >= 11 is 11.5. The molecule has 0 aliphatic carbocycles. The van der Waals surface area contributed by atoms with Gasteiger partial charge in [-0.2, -0.15) is 0 Å². The van der Waals surface area contributed by atoms with Gasteiger partial charge in [0.15, 0.2) is 0 Å². The summed E-state index contributed by atoms with van der Waals surface area (Å²) in [5.41, 5.74) is -0.334. The summed E-state index contributed by atoms with van der Waals surface area (Å²) in [5.74, 6) is -0.482. The van der Waals surface area contributed by atoms with E-state index in [0.717, 1.165) is 12.5 Å². The Morgan fingerprint density at radius 3 is 2.76 bits per heavy atom. The lowest BCUT2D eigenvalue weighted by molar-refractivity contribution is -0.384. The van der Waals surface area contributed by atoms with Gasteiger partial charge >= 0.3 is 0 Å². The van der Waals surface area contributed by atoms with Crippen LogP contribution in [0.25, 0.3) is 0 Å². The Balaban J connectivity index is 2.62. The summed E-state index contributed by atoms with van der Waals surface area (Å²) in [6.45, 7) is 4.70. The monoisotopic (exact) mass is 332 g/mol. The fourth-order valence-corrected chi connectivity index (χ4v) is 1.84. The average molecular weight is 333 g/mol. The van der Waals surface area contributed by atoms with E-state index in [1.54, 1.807) is 6.08 Å². The standard InChI is InChI=1S/C13H14Cl2N2O4/c1-2-3-5-21-6-4-16-13(18)9-7-10(14)12(15)11(8-9)17(19)20/h2,7-8H,1,3-6H2,(H,16,18). The maximum absolute atomic E-state index is 11.9. The predicted octanol–water partition coefficient (Wildman–Crippen LogP) is 3.22. The van der Waals surface area contributed by atoms with Crippen molar-refractivity contribution >= 4 is 34.8 Å². The van der Waals surface area contributed by atoms with Gasteiger partial charge in [0, 0.05) is 18.2 Å². The van der Waals surface area contributed by atoms with Crippen LogP contribution in [0.15, 0.2) is 24.8 Å². The molecule has 0 fully saturated rings. The molecule has 0 spiro atoms. The Morgan fingerprint density at radius 2 is 2.14 bits per heavy atom. The van der Waals surface area contributed by atoms with Crippen LogP contribution in [0.3, 0.4) is 0 Å². The second kappa shape index (κ2) is 8.61. The molecule has 21 heavy (non-hydrogen) atoms. The molecule has 0 unspecified atom stereocenters. The topological polar surface area (TPSA) is 81.5 Å². The van der Waals surface area contributed by atoms with Crippen LogP contribution in [-0.4, -0.2) is 30.6 Å². The highest BCUT2D eigenvalue weighted by Gasteiger charge is 2.19. The summed E-state index contributed by atoms with van der Waals surface area (Å²) in [4.78, 5) is 22.0. The lowest BCUT2D eigenvalue weighted by atomic mass is 10.2. The first kappa shape index (κ1) is 17.4. The summed E-state index contributed by atoms with van der Waals surface area (Å²) < 4.78 is 5.22. The van der Waals surface area contributed by atoms with Crippen molar-refractivity contribution in [2.75, 3.05) is 19.8 Å². The highest BCUT2D eigenvalue weighted by Crippen LogP contribution is 2.32. The minimum Gasteiger partial charge on any atom is -0.379 e. The van der Waals surface area contributed by atoms with Crippen LogP contribution in [0.5, 0.6) is 0 Å². The summed E-state index contributed by atoms with van der Waals surface area (Å²) in [7, 11) is 0. The van der Waals surface area contributed by atoms with Crippen LogP contribution < -0.4 is 5.32 Å². The predicted molar refractivity (Wildman–Crippen MR) is 81.1 cm³/mol. The zero-order valence-corrected chi connectivity index (χ0v) is 12.6. The van der Waals surface area contributed by atoms with E-state index in [4.69, 9.17) is 27.9 Å². The molecule has 8 heteroatoms. The molecular formula is C13H14Cl2N2O4. The van der Waals surface area contributed by atoms with Crippen LogP contribution >= 0.6 is 23.2 Å². The zero-order chi connectivity index (χ0) is 15.8. The Kier molecular flexibility index (Phi) is 7.14. The lowest BCUT2D eigenvalue weighted by Gasteiger charge is -2.07. The second-order valence-electron chi connectivity index (χ2n) is 3.99. The molecule has 1 N–H and O–H groups in total. The summed E-state index contributed by atoms with van der Waals surface area (Å²) in [6.07, 6.45) is 2.46. The maximum Gasteiger partial charge on any atom is 0.290 e. The number of amides is 1. The Bertz CT molecular complexity index is 549. The SMILES string of the molecule is C=CCCOCCNC(=O)c1cc(Cl)c(Cl)c([N+](=O)[O-])c1. The third-order valence-corrected chi connectivity index (χ3v) is 3.26. The highest BCUT2D eigenvalue weighted by atomic mass is 35.5. The Morgan fingerprint density at radius 1 is 1.43 bits per heavy atom. The van der Waals surface area contributed by atoms with Gasteiger partial charge in [0.2, 0.25) is 0 Å². The third-order valence-electron chi connectivity index (χ3n) is 2.47.